The van der Waals surface area contributed by atoms with E-state index in [1.165, 1.54) is 0 Å². The standard InChI is InChI=1S/C17H16N2O/c1-2-13-16(18)14-10-6-7-11-15(14)19(17(13)20)12-8-4-3-5-9-12/h3-11H,2,18H2,1H3. The summed E-state index contributed by atoms with van der Waals surface area (Å²) in [5, 5.41) is 0.924. The zero-order chi connectivity index (χ0) is 14.1. The van der Waals surface area contributed by atoms with Gasteiger partial charge in [-0.25, -0.2) is 0 Å². The molecule has 0 fully saturated rings. The van der Waals surface area contributed by atoms with Crippen LogP contribution in [0.3, 0.4) is 0 Å². The van der Waals surface area contributed by atoms with Crippen molar-refractivity contribution in [2.45, 2.75) is 13.3 Å². The Labute approximate surface area is 117 Å². The van der Waals surface area contributed by atoms with Gasteiger partial charge in [-0.05, 0) is 24.6 Å². The first-order valence-electron chi connectivity index (χ1n) is 6.71. The number of pyridine rings is 1. The van der Waals surface area contributed by atoms with E-state index in [-0.39, 0.29) is 5.56 Å². The molecule has 0 saturated heterocycles. The predicted molar refractivity (Wildman–Crippen MR) is 83.3 cm³/mol. The highest BCUT2D eigenvalue weighted by Gasteiger charge is 2.13. The van der Waals surface area contributed by atoms with Gasteiger partial charge in [-0.3, -0.25) is 9.36 Å². The molecule has 100 valence electrons. The molecule has 0 bridgehead atoms. The molecule has 3 heteroatoms. The molecule has 2 aromatic carbocycles. The largest absolute Gasteiger partial charge is 0.398 e. The van der Waals surface area contributed by atoms with Gasteiger partial charge in [-0.15, -0.1) is 0 Å². The van der Waals surface area contributed by atoms with E-state index in [9.17, 15) is 4.79 Å². The van der Waals surface area contributed by atoms with Gasteiger partial charge in [0.15, 0.2) is 0 Å². The maximum atomic E-state index is 12.7. The van der Waals surface area contributed by atoms with Gasteiger partial charge < -0.3 is 5.73 Å². The van der Waals surface area contributed by atoms with Crippen molar-refractivity contribution in [2.75, 3.05) is 5.73 Å². The molecule has 0 unspecified atom stereocenters. The fourth-order valence-electron chi connectivity index (χ4n) is 2.59. The Morgan fingerprint density at radius 2 is 1.65 bits per heavy atom. The van der Waals surface area contributed by atoms with E-state index in [2.05, 4.69) is 0 Å². The highest BCUT2D eigenvalue weighted by Crippen LogP contribution is 2.24. The highest BCUT2D eigenvalue weighted by atomic mass is 16.1. The molecule has 0 amide bonds. The Hall–Kier alpha value is -2.55. The number of fused-ring (bicyclic) bond motifs is 1. The lowest BCUT2D eigenvalue weighted by atomic mass is 10.1. The average Bonchev–Trinajstić information content (AvgIpc) is 2.49. The fourth-order valence-corrected chi connectivity index (χ4v) is 2.59. The molecule has 3 nitrogen and oxygen atoms in total. The van der Waals surface area contributed by atoms with Crippen LogP contribution >= 0.6 is 0 Å². The van der Waals surface area contributed by atoms with Crippen molar-refractivity contribution in [3.8, 4) is 5.69 Å². The molecular formula is C17H16N2O. The maximum absolute atomic E-state index is 12.7. The van der Waals surface area contributed by atoms with E-state index in [0.717, 1.165) is 16.6 Å². The Morgan fingerprint density at radius 1 is 1.00 bits per heavy atom. The second-order valence-corrected chi connectivity index (χ2v) is 4.74. The Balaban J connectivity index is 2.51. The number of hydrogen-bond acceptors (Lipinski definition) is 2. The van der Waals surface area contributed by atoms with Gasteiger partial charge >= 0.3 is 0 Å². The number of anilines is 1. The van der Waals surface area contributed by atoms with Crippen LogP contribution in [0, 0.1) is 0 Å². The van der Waals surface area contributed by atoms with Crippen molar-refractivity contribution < 1.29 is 0 Å². The van der Waals surface area contributed by atoms with Crippen LogP contribution in [-0.2, 0) is 6.42 Å². The van der Waals surface area contributed by atoms with Gasteiger partial charge in [0.2, 0.25) is 0 Å². The average molecular weight is 264 g/mol. The van der Waals surface area contributed by atoms with Gasteiger partial charge in [-0.2, -0.15) is 0 Å². The molecule has 1 heterocycles. The molecule has 0 saturated carbocycles. The number of hydrogen-bond donors (Lipinski definition) is 1. The molecule has 1 aromatic heterocycles. The summed E-state index contributed by atoms with van der Waals surface area (Å²) in [6, 6.07) is 17.4. The van der Waals surface area contributed by atoms with Gasteiger partial charge in [-0.1, -0.05) is 43.3 Å². The first-order valence-corrected chi connectivity index (χ1v) is 6.71. The molecule has 0 aliphatic heterocycles. The minimum absolute atomic E-state index is 0.0325. The topological polar surface area (TPSA) is 48.0 Å². The van der Waals surface area contributed by atoms with E-state index in [0.29, 0.717) is 17.7 Å². The van der Waals surface area contributed by atoms with Gasteiger partial charge in [0.1, 0.15) is 0 Å². The molecule has 20 heavy (non-hydrogen) atoms. The summed E-state index contributed by atoms with van der Waals surface area (Å²) >= 11 is 0. The van der Waals surface area contributed by atoms with Crippen molar-refractivity contribution in [1.29, 1.82) is 0 Å². The molecule has 3 rings (SSSR count). The lowest BCUT2D eigenvalue weighted by molar-refractivity contribution is 0.982. The lowest BCUT2D eigenvalue weighted by Gasteiger charge is -2.15. The third-order valence-corrected chi connectivity index (χ3v) is 3.59. The minimum Gasteiger partial charge on any atom is -0.398 e. The smallest absolute Gasteiger partial charge is 0.260 e. The predicted octanol–water partition coefficient (Wildman–Crippen LogP) is 3.14. The van der Waals surface area contributed by atoms with E-state index < -0.39 is 0 Å². The second-order valence-electron chi connectivity index (χ2n) is 4.74. The molecule has 3 aromatic rings. The molecule has 0 aliphatic rings. The van der Waals surface area contributed by atoms with Crippen molar-refractivity contribution in [2.24, 2.45) is 0 Å². The first kappa shape index (κ1) is 12.5. The Bertz CT molecular complexity index is 820. The molecule has 0 aliphatic carbocycles. The quantitative estimate of drug-likeness (QED) is 0.773. The molecular weight excluding hydrogens is 248 g/mol. The van der Waals surface area contributed by atoms with E-state index in [1.54, 1.807) is 4.57 Å². The van der Waals surface area contributed by atoms with E-state index in [1.807, 2.05) is 61.5 Å². The van der Waals surface area contributed by atoms with Gasteiger partial charge in [0.05, 0.1) is 5.52 Å². The zero-order valence-electron chi connectivity index (χ0n) is 11.3. The number of rotatable bonds is 2. The summed E-state index contributed by atoms with van der Waals surface area (Å²) in [5.41, 5.74) is 9.11. The number of nitrogen functional groups attached to an aromatic ring is 1. The Kier molecular flexibility index (Phi) is 3.03. The van der Waals surface area contributed by atoms with Gasteiger partial charge in [0, 0.05) is 22.3 Å². The SMILES string of the molecule is CCc1c(N)c2ccccc2n(-c2ccccc2)c1=O. The Morgan fingerprint density at radius 3 is 2.35 bits per heavy atom. The van der Waals surface area contributed by atoms with Crippen molar-refractivity contribution in [3.63, 3.8) is 0 Å². The lowest BCUT2D eigenvalue weighted by Crippen LogP contribution is -2.24. The summed E-state index contributed by atoms with van der Waals surface area (Å²) in [7, 11) is 0. The highest BCUT2D eigenvalue weighted by molar-refractivity contribution is 5.92. The van der Waals surface area contributed by atoms with Crippen LogP contribution in [0.25, 0.3) is 16.6 Å². The van der Waals surface area contributed by atoms with E-state index >= 15 is 0 Å². The van der Waals surface area contributed by atoms with Crippen molar-refractivity contribution >= 4 is 16.6 Å². The third kappa shape index (κ3) is 1.79. The zero-order valence-corrected chi connectivity index (χ0v) is 11.3. The molecule has 0 atom stereocenters. The second kappa shape index (κ2) is 4.85. The van der Waals surface area contributed by atoms with Gasteiger partial charge in [0.25, 0.3) is 5.56 Å². The maximum Gasteiger partial charge on any atom is 0.260 e. The number of benzene rings is 2. The number of para-hydroxylation sites is 2. The summed E-state index contributed by atoms with van der Waals surface area (Å²) in [6.07, 6.45) is 0.627. The first-order chi connectivity index (χ1) is 9.74. The molecule has 0 spiro atoms. The van der Waals surface area contributed by atoms with Crippen LogP contribution in [0.15, 0.2) is 59.4 Å². The van der Waals surface area contributed by atoms with E-state index in [4.69, 9.17) is 5.73 Å². The normalized spacial score (nSPS) is 10.8. The number of aromatic nitrogens is 1. The summed E-state index contributed by atoms with van der Waals surface area (Å²) in [4.78, 5) is 12.7. The van der Waals surface area contributed by atoms with Crippen LogP contribution in [0.2, 0.25) is 0 Å². The van der Waals surface area contributed by atoms with Crippen molar-refractivity contribution in [3.05, 3.63) is 70.5 Å². The minimum atomic E-state index is -0.0325. The third-order valence-electron chi connectivity index (χ3n) is 3.59. The molecule has 0 radical (unpaired) electrons. The molecule has 2 N–H and O–H groups in total. The van der Waals surface area contributed by atoms with Crippen LogP contribution in [0.4, 0.5) is 5.69 Å². The van der Waals surface area contributed by atoms with Crippen LogP contribution in [0.5, 0.6) is 0 Å². The number of nitrogens with two attached hydrogens (primary N) is 1. The number of nitrogens with zero attached hydrogens (tertiary/aromatic N) is 1. The van der Waals surface area contributed by atoms with Crippen LogP contribution in [-0.4, -0.2) is 4.57 Å². The fraction of sp³-hybridized carbons (Fsp3) is 0.118. The van der Waals surface area contributed by atoms with Crippen LogP contribution < -0.4 is 11.3 Å². The summed E-state index contributed by atoms with van der Waals surface area (Å²) < 4.78 is 1.74. The summed E-state index contributed by atoms with van der Waals surface area (Å²) in [6.45, 7) is 1.96. The van der Waals surface area contributed by atoms with Crippen LogP contribution in [0.1, 0.15) is 12.5 Å². The van der Waals surface area contributed by atoms with Crippen molar-refractivity contribution in [1.82, 2.24) is 4.57 Å². The summed E-state index contributed by atoms with van der Waals surface area (Å²) in [5.74, 6) is 0. The monoisotopic (exact) mass is 264 g/mol.